The highest BCUT2D eigenvalue weighted by Gasteiger charge is 2.70. The van der Waals surface area contributed by atoms with Crippen LogP contribution in [0.3, 0.4) is 0 Å². The summed E-state index contributed by atoms with van der Waals surface area (Å²) in [6.07, 6.45) is 4.31. The van der Waals surface area contributed by atoms with E-state index in [0.717, 1.165) is 37.7 Å². The number of fused-ring (bicyclic) bond motifs is 3. The van der Waals surface area contributed by atoms with E-state index in [1.165, 1.54) is 0 Å². The summed E-state index contributed by atoms with van der Waals surface area (Å²) in [6, 6.07) is 0. The van der Waals surface area contributed by atoms with E-state index >= 15 is 0 Å². The lowest BCUT2D eigenvalue weighted by atomic mass is 9.40. The van der Waals surface area contributed by atoms with Crippen LogP contribution in [0.2, 0.25) is 0 Å². The van der Waals surface area contributed by atoms with E-state index in [2.05, 4.69) is 27.4 Å². The van der Waals surface area contributed by atoms with E-state index in [1.54, 1.807) is 0 Å². The lowest BCUT2D eigenvalue weighted by Gasteiger charge is -2.66. The average Bonchev–Trinajstić information content (AvgIpc) is 2.69. The Morgan fingerprint density at radius 2 is 1.65 bits per heavy atom. The molecular weight excluding hydrogens is 288 g/mol. The van der Waals surface area contributed by atoms with E-state index < -0.39 is 12.2 Å². The van der Waals surface area contributed by atoms with Crippen LogP contribution < -0.4 is 0 Å². The molecule has 0 radical (unpaired) electrons. The van der Waals surface area contributed by atoms with Crippen LogP contribution in [-0.4, -0.2) is 33.6 Å². The van der Waals surface area contributed by atoms with Crippen LogP contribution >= 0.6 is 0 Å². The van der Waals surface area contributed by atoms with Gasteiger partial charge in [0.15, 0.2) is 0 Å². The van der Waals surface area contributed by atoms with Gasteiger partial charge in [-0.25, -0.2) is 0 Å². The summed E-state index contributed by atoms with van der Waals surface area (Å²) < 4.78 is 0. The van der Waals surface area contributed by atoms with Crippen LogP contribution in [0, 0.1) is 34.0 Å². The van der Waals surface area contributed by atoms with Crippen LogP contribution in [0.15, 0.2) is 12.2 Å². The van der Waals surface area contributed by atoms with E-state index in [-0.39, 0.29) is 22.3 Å². The summed E-state index contributed by atoms with van der Waals surface area (Å²) in [7, 11) is 0. The fraction of sp³-hybridized carbons (Fsp3) is 0.900. The van der Waals surface area contributed by atoms with Crippen molar-refractivity contribution in [1.29, 1.82) is 0 Å². The number of rotatable bonds is 0. The molecule has 0 amide bonds. The van der Waals surface area contributed by atoms with Crippen molar-refractivity contribution in [2.75, 3.05) is 0 Å². The fourth-order valence-electron chi connectivity index (χ4n) is 7.50. The molecule has 0 heterocycles. The van der Waals surface area contributed by atoms with Gasteiger partial charge in [0.2, 0.25) is 0 Å². The minimum atomic E-state index is -0.553. The molecule has 0 aliphatic heterocycles. The van der Waals surface area contributed by atoms with Crippen molar-refractivity contribution >= 4 is 0 Å². The monoisotopic (exact) mass is 320 g/mol. The quantitative estimate of drug-likeness (QED) is 0.602. The van der Waals surface area contributed by atoms with Crippen LogP contribution in [0.1, 0.15) is 59.3 Å². The Morgan fingerprint density at radius 1 is 0.957 bits per heavy atom. The van der Waals surface area contributed by atoms with E-state index in [1.807, 2.05) is 0 Å². The van der Waals surface area contributed by atoms with Crippen molar-refractivity contribution in [2.24, 2.45) is 34.0 Å². The molecule has 0 saturated heterocycles. The first kappa shape index (κ1) is 16.1. The van der Waals surface area contributed by atoms with Gasteiger partial charge in [-0.1, -0.05) is 27.4 Å². The SMILES string of the molecule is C=C1[C@@H]2CC[C@H]3[C@]4(C)CC[C@@H](O)C(C)(C)[C@H]4C[C@@H](O)[C@]3(C2)[C@@H]1O. The molecular formula is C20H32O3. The van der Waals surface area contributed by atoms with Crippen molar-refractivity contribution in [2.45, 2.75) is 77.6 Å². The zero-order valence-corrected chi connectivity index (χ0v) is 14.8. The first-order valence-electron chi connectivity index (χ1n) is 9.38. The molecule has 4 aliphatic rings. The van der Waals surface area contributed by atoms with Crippen LogP contribution in [0.25, 0.3) is 0 Å². The topological polar surface area (TPSA) is 60.7 Å². The third-order valence-corrected chi connectivity index (χ3v) is 8.82. The molecule has 0 aromatic heterocycles. The second kappa shape index (κ2) is 4.62. The number of hydrogen-bond donors (Lipinski definition) is 3. The molecule has 0 aromatic rings. The molecule has 4 fully saturated rings. The van der Waals surface area contributed by atoms with E-state index in [4.69, 9.17) is 0 Å². The normalized spacial score (nSPS) is 57.7. The van der Waals surface area contributed by atoms with Crippen LogP contribution in [0.4, 0.5) is 0 Å². The van der Waals surface area contributed by atoms with Gasteiger partial charge in [-0.05, 0) is 72.7 Å². The molecule has 4 rings (SSSR count). The highest BCUT2D eigenvalue weighted by Crippen LogP contribution is 2.71. The number of hydrogen-bond acceptors (Lipinski definition) is 3. The van der Waals surface area contributed by atoms with Crippen molar-refractivity contribution in [3.8, 4) is 0 Å². The van der Waals surface area contributed by atoms with Crippen molar-refractivity contribution in [3.05, 3.63) is 12.2 Å². The maximum atomic E-state index is 11.2. The summed E-state index contributed by atoms with van der Waals surface area (Å²) in [6.45, 7) is 10.9. The Labute approximate surface area is 139 Å². The second-order valence-electron chi connectivity index (χ2n) is 9.81. The van der Waals surface area contributed by atoms with Crippen molar-refractivity contribution in [3.63, 3.8) is 0 Å². The van der Waals surface area contributed by atoms with Gasteiger partial charge in [-0.3, -0.25) is 0 Å². The van der Waals surface area contributed by atoms with Gasteiger partial charge >= 0.3 is 0 Å². The third kappa shape index (κ3) is 1.72. The third-order valence-electron chi connectivity index (χ3n) is 8.82. The van der Waals surface area contributed by atoms with Crippen LogP contribution in [0.5, 0.6) is 0 Å². The largest absolute Gasteiger partial charge is 0.393 e. The number of aliphatic hydroxyl groups excluding tert-OH is 3. The smallest absolute Gasteiger partial charge is 0.0834 e. The summed E-state index contributed by atoms with van der Waals surface area (Å²) in [5.41, 5.74) is 0.499. The Balaban J connectivity index is 1.82. The lowest BCUT2D eigenvalue weighted by Crippen LogP contribution is -2.65. The number of aliphatic hydroxyl groups is 3. The molecule has 0 unspecified atom stereocenters. The lowest BCUT2D eigenvalue weighted by molar-refractivity contribution is -0.236. The maximum absolute atomic E-state index is 11.2. The second-order valence-corrected chi connectivity index (χ2v) is 9.81. The van der Waals surface area contributed by atoms with E-state index in [9.17, 15) is 15.3 Å². The summed E-state index contributed by atoms with van der Waals surface area (Å²) in [5.74, 6) is 1.03. The molecule has 3 heteroatoms. The molecule has 8 atom stereocenters. The van der Waals surface area contributed by atoms with Gasteiger partial charge in [0.1, 0.15) is 0 Å². The molecule has 130 valence electrons. The van der Waals surface area contributed by atoms with Gasteiger partial charge < -0.3 is 15.3 Å². The fourth-order valence-corrected chi connectivity index (χ4v) is 7.50. The molecule has 3 N–H and O–H groups in total. The first-order chi connectivity index (χ1) is 10.7. The van der Waals surface area contributed by atoms with Gasteiger partial charge in [0, 0.05) is 5.41 Å². The van der Waals surface area contributed by atoms with Gasteiger partial charge in [-0.15, -0.1) is 0 Å². The standard InChI is InChI=1S/C20H32O3/c1-11-12-5-6-13-19(4)8-7-15(21)18(2,3)14(19)9-16(22)20(13,10-12)17(11)23/h12-17,21-23H,1,5-10H2,2-4H3/t12-,13+,14-,15-,16-,17-,19+,20-/m1/s1. The van der Waals surface area contributed by atoms with Crippen LogP contribution in [-0.2, 0) is 0 Å². The Morgan fingerprint density at radius 3 is 2.35 bits per heavy atom. The minimum Gasteiger partial charge on any atom is -0.393 e. The van der Waals surface area contributed by atoms with E-state index in [0.29, 0.717) is 24.2 Å². The zero-order valence-electron chi connectivity index (χ0n) is 14.8. The molecule has 0 aromatic carbocycles. The van der Waals surface area contributed by atoms with Gasteiger partial charge in [0.05, 0.1) is 18.3 Å². The predicted molar refractivity (Wildman–Crippen MR) is 89.7 cm³/mol. The van der Waals surface area contributed by atoms with Crippen molar-refractivity contribution < 1.29 is 15.3 Å². The average molecular weight is 320 g/mol. The van der Waals surface area contributed by atoms with Crippen molar-refractivity contribution in [1.82, 2.24) is 0 Å². The zero-order chi connectivity index (χ0) is 16.8. The molecule has 4 aliphatic carbocycles. The van der Waals surface area contributed by atoms with Gasteiger partial charge in [0.25, 0.3) is 0 Å². The predicted octanol–water partition coefficient (Wildman–Crippen LogP) is 2.89. The first-order valence-corrected chi connectivity index (χ1v) is 9.38. The molecule has 1 spiro atoms. The molecule has 4 saturated carbocycles. The maximum Gasteiger partial charge on any atom is 0.0834 e. The van der Waals surface area contributed by atoms with Gasteiger partial charge in [-0.2, -0.15) is 0 Å². The molecule has 2 bridgehead atoms. The summed E-state index contributed by atoms with van der Waals surface area (Å²) in [5, 5.41) is 32.7. The minimum absolute atomic E-state index is 0.0958. The highest BCUT2D eigenvalue weighted by atomic mass is 16.3. The summed E-state index contributed by atoms with van der Waals surface area (Å²) in [4.78, 5) is 0. The Bertz CT molecular complexity index is 541. The summed E-state index contributed by atoms with van der Waals surface area (Å²) >= 11 is 0. The Kier molecular flexibility index (Phi) is 3.23. The molecule has 3 nitrogen and oxygen atoms in total. The highest BCUT2D eigenvalue weighted by molar-refractivity contribution is 5.29. The molecule has 23 heavy (non-hydrogen) atoms. The Hall–Kier alpha value is -0.380.